The van der Waals surface area contributed by atoms with Gasteiger partial charge < -0.3 is 0 Å². The van der Waals surface area contributed by atoms with Gasteiger partial charge in [0.2, 0.25) is 0 Å². The van der Waals surface area contributed by atoms with Gasteiger partial charge in [0.05, 0.1) is 0 Å². The summed E-state index contributed by atoms with van der Waals surface area (Å²) >= 11 is 0. The van der Waals surface area contributed by atoms with Crippen LogP contribution in [0.3, 0.4) is 0 Å². The molecule has 1 heterocycles. The number of hydrogen-bond donors (Lipinski definition) is 0. The largest absolute Gasteiger partial charge is 0.228 e. The van der Waals surface area contributed by atoms with Gasteiger partial charge in [-0.15, -0.1) is 0 Å². The van der Waals surface area contributed by atoms with E-state index in [4.69, 9.17) is 9.78 Å². The van der Waals surface area contributed by atoms with Crippen LogP contribution in [0.1, 0.15) is 29.8 Å². The fourth-order valence-electron chi connectivity index (χ4n) is 2.13. The lowest BCUT2D eigenvalue weighted by Crippen LogP contribution is -1.95. The molecule has 3 rings (SSSR count). The van der Waals surface area contributed by atoms with Crippen LogP contribution in [0.5, 0.6) is 0 Å². The SMILES string of the molecule is c1ccc(C2CC(c3ccccc3)OO2)cc1. The summed E-state index contributed by atoms with van der Waals surface area (Å²) in [4.78, 5) is 10.8. The Morgan fingerprint density at radius 3 is 1.47 bits per heavy atom. The van der Waals surface area contributed by atoms with Gasteiger partial charge in [0.1, 0.15) is 12.2 Å². The van der Waals surface area contributed by atoms with Crippen molar-refractivity contribution in [2.45, 2.75) is 18.6 Å². The van der Waals surface area contributed by atoms with Crippen molar-refractivity contribution < 1.29 is 9.78 Å². The van der Waals surface area contributed by atoms with Crippen molar-refractivity contribution in [3.05, 3.63) is 71.8 Å². The lowest BCUT2D eigenvalue weighted by molar-refractivity contribution is -0.300. The van der Waals surface area contributed by atoms with Gasteiger partial charge in [-0.2, -0.15) is 0 Å². The van der Waals surface area contributed by atoms with E-state index in [1.807, 2.05) is 36.4 Å². The molecule has 1 aliphatic rings. The molecule has 0 aromatic heterocycles. The van der Waals surface area contributed by atoms with Gasteiger partial charge in [-0.3, -0.25) is 0 Å². The molecule has 1 aliphatic heterocycles. The predicted molar refractivity (Wildman–Crippen MR) is 65.2 cm³/mol. The molecule has 0 saturated carbocycles. The summed E-state index contributed by atoms with van der Waals surface area (Å²) in [5.74, 6) is 0. The Morgan fingerprint density at radius 2 is 1.06 bits per heavy atom. The van der Waals surface area contributed by atoms with Gasteiger partial charge in [0.15, 0.2) is 0 Å². The monoisotopic (exact) mass is 226 g/mol. The molecule has 17 heavy (non-hydrogen) atoms. The first-order chi connectivity index (χ1) is 8.43. The highest BCUT2D eigenvalue weighted by molar-refractivity contribution is 5.22. The standard InChI is InChI=1S/C15H14O2/c1-3-7-12(8-4-1)14-11-15(17-16-14)13-9-5-2-6-10-13/h1-10,14-15H,11H2. The fourth-order valence-corrected chi connectivity index (χ4v) is 2.13. The van der Waals surface area contributed by atoms with Crippen LogP contribution in [0.25, 0.3) is 0 Å². The van der Waals surface area contributed by atoms with E-state index >= 15 is 0 Å². The minimum absolute atomic E-state index is 0.0430. The first-order valence-corrected chi connectivity index (χ1v) is 5.85. The van der Waals surface area contributed by atoms with Crippen LogP contribution in [0.4, 0.5) is 0 Å². The summed E-state index contributed by atoms with van der Waals surface area (Å²) in [5.41, 5.74) is 2.34. The normalized spacial score (nSPS) is 23.8. The van der Waals surface area contributed by atoms with Crippen molar-refractivity contribution in [2.75, 3.05) is 0 Å². The highest BCUT2D eigenvalue weighted by atomic mass is 17.2. The Balaban J connectivity index is 1.75. The van der Waals surface area contributed by atoms with Crippen molar-refractivity contribution in [1.82, 2.24) is 0 Å². The summed E-state index contributed by atoms with van der Waals surface area (Å²) in [5, 5.41) is 0. The van der Waals surface area contributed by atoms with Crippen LogP contribution in [0, 0.1) is 0 Å². The zero-order valence-corrected chi connectivity index (χ0v) is 9.45. The molecule has 0 N–H and O–H groups in total. The number of rotatable bonds is 2. The smallest absolute Gasteiger partial charge is 0.121 e. The van der Waals surface area contributed by atoms with Crippen molar-refractivity contribution in [3.63, 3.8) is 0 Å². The summed E-state index contributed by atoms with van der Waals surface area (Å²) in [6, 6.07) is 20.4. The molecule has 1 fully saturated rings. The molecule has 2 atom stereocenters. The second kappa shape index (κ2) is 4.70. The van der Waals surface area contributed by atoms with Crippen LogP contribution in [0.2, 0.25) is 0 Å². The molecular weight excluding hydrogens is 212 g/mol. The van der Waals surface area contributed by atoms with E-state index < -0.39 is 0 Å². The maximum atomic E-state index is 5.41. The van der Waals surface area contributed by atoms with Crippen LogP contribution in [-0.2, 0) is 9.78 Å². The number of hydrogen-bond acceptors (Lipinski definition) is 2. The average molecular weight is 226 g/mol. The molecule has 2 heteroatoms. The third kappa shape index (κ3) is 2.23. The molecule has 1 saturated heterocycles. The summed E-state index contributed by atoms with van der Waals surface area (Å²) < 4.78 is 0. The highest BCUT2D eigenvalue weighted by Crippen LogP contribution is 2.38. The molecule has 86 valence electrons. The minimum atomic E-state index is 0.0430. The summed E-state index contributed by atoms with van der Waals surface area (Å²) in [7, 11) is 0. The second-order valence-corrected chi connectivity index (χ2v) is 4.23. The van der Waals surface area contributed by atoms with Gasteiger partial charge in [0.25, 0.3) is 0 Å². The first kappa shape index (κ1) is 10.5. The van der Waals surface area contributed by atoms with Crippen LogP contribution in [0.15, 0.2) is 60.7 Å². The highest BCUT2D eigenvalue weighted by Gasteiger charge is 2.29. The van der Waals surface area contributed by atoms with E-state index in [0.717, 1.165) is 6.42 Å². The van der Waals surface area contributed by atoms with Crippen molar-refractivity contribution in [1.29, 1.82) is 0 Å². The van der Waals surface area contributed by atoms with E-state index in [1.54, 1.807) is 0 Å². The summed E-state index contributed by atoms with van der Waals surface area (Å²) in [6.07, 6.45) is 0.955. The van der Waals surface area contributed by atoms with Crippen molar-refractivity contribution >= 4 is 0 Å². The van der Waals surface area contributed by atoms with Gasteiger partial charge in [-0.1, -0.05) is 60.7 Å². The van der Waals surface area contributed by atoms with E-state index in [0.29, 0.717) is 0 Å². The summed E-state index contributed by atoms with van der Waals surface area (Å²) in [6.45, 7) is 0. The van der Waals surface area contributed by atoms with Crippen LogP contribution < -0.4 is 0 Å². The third-order valence-electron chi connectivity index (χ3n) is 3.06. The molecular formula is C15H14O2. The zero-order valence-electron chi connectivity index (χ0n) is 9.45. The Bertz CT molecular complexity index is 421. The van der Waals surface area contributed by atoms with Crippen LogP contribution >= 0.6 is 0 Å². The minimum Gasteiger partial charge on any atom is -0.228 e. The molecule has 0 radical (unpaired) electrons. The molecule has 2 aromatic carbocycles. The number of benzene rings is 2. The Hall–Kier alpha value is -1.64. The molecule has 2 aromatic rings. The van der Waals surface area contributed by atoms with Crippen LogP contribution in [-0.4, -0.2) is 0 Å². The average Bonchev–Trinajstić information content (AvgIpc) is 2.90. The maximum Gasteiger partial charge on any atom is 0.121 e. The predicted octanol–water partition coefficient (Wildman–Crippen LogP) is 3.82. The van der Waals surface area contributed by atoms with Gasteiger partial charge >= 0.3 is 0 Å². The molecule has 0 spiro atoms. The van der Waals surface area contributed by atoms with Crippen molar-refractivity contribution in [2.24, 2.45) is 0 Å². The molecule has 0 aliphatic carbocycles. The van der Waals surface area contributed by atoms with E-state index in [2.05, 4.69) is 24.3 Å². The van der Waals surface area contributed by atoms with Gasteiger partial charge in [-0.05, 0) is 11.1 Å². The van der Waals surface area contributed by atoms with E-state index in [1.165, 1.54) is 11.1 Å². The zero-order chi connectivity index (χ0) is 11.5. The first-order valence-electron chi connectivity index (χ1n) is 5.85. The lowest BCUT2D eigenvalue weighted by atomic mass is 10.00. The van der Waals surface area contributed by atoms with Crippen molar-refractivity contribution in [3.8, 4) is 0 Å². The van der Waals surface area contributed by atoms with E-state index in [9.17, 15) is 0 Å². The third-order valence-corrected chi connectivity index (χ3v) is 3.06. The Labute approximate surface area is 101 Å². The fraction of sp³-hybridized carbons (Fsp3) is 0.200. The van der Waals surface area contributed by atoms with E-state index in [-0.39, 0.29) is 12.2 Å². The molecule has 2 unspecified atom stereocenters. The van der Waals surface area contributed by atoms with Gasteiger partial charge in [0, 0.05) is 6.42 Å². The Morgan fingerprint density at radius 1 is 0.647 bits per heavy atom. The Kier molecular flexibility index (Phi) is 2.90. The molecule has 0 bridgehead atoms. The quantitative estimate of drug-likeness (QED) is 0.725. The van der Waals surface area contributed by atoms with Gasteiger partial charge in [-0.25, -0.2) is 9.78 Å². The lowest BCUT2D eigenvalue weighted by Gasteiger charge is -2.06. The topological polar surface area (TPSA) is 18.5 Å². The maximum absolute atomic E-state index is 5.41. The molecule has 0 amide bonds. The molecule has 2 nitrogen and oxygen atoms in total. The second-order valence-electron chi connectivity index (χ2n) is 4.23.